The molecule has 0 bridgehead atoms. The Morgan fingerprint density at radius 2 is 1.62 bits per heavy atom. The van der Waals surface area contributed by atoms with Crippen LogP contribution in [0.4, 0.5) is 0 Å². The minimum atomic E-state index is -0.542. The number of carbonyl (C=O) groups excluding carboxylic acids is 1. The largest absolute Gasteiger partial charge is 0.494 e. The minimum Gasteiger partial charge on any atom is -0.494 e. The number of hydrogen-bond donors (Lipinski definition) is 0. The van der Waals surface area contributed by atoms with E-state index < -0.39 is 6.04 Å². The number of unbranched alkanes of at least 4 members (excludes halogenated alkanes) is 2. The Morgan fingerprint density at radius 1 is 0.892 bits per heavy atom. The number of benzene rings is 3. The molecule has 2 heterocycles. The van der Waals surface area contributed by atoms with Gasteiger partial charge in [-0.15, -0.1) is 0 Å². The van der Waals surface area contributed by atoms with Crippen LogP contribution in [0.3, 0.4) is 0 Å². The van der Waals surface area contributed by atoms with Crippen LogP contribution < -0.4 is 10.2 Å². The lowest BCUT2D eigenvalue weighted by Crippen LogP contribution is -2.29. The molecule has 4 aromatic rings. The molecule has 0 spiro atoms. The summed E-state index contributed by atoms with van der Waals surface area (Å²) in [5.41, 5.74) is 5.58. The van der Waals surface area contributed by atoms with Crippen LogP contribution in [0, 0.1) is 20.8 Å². The van der Waals surface area contributed by atoms with Crippen molar-refractivity contribution in [3.05, 3.63) is 110 Å². The summed E-state index contributed by atoms with van der Waals surface area (Å²) in [4.78, 5) is 29.4. The van der Waals surface area contributed by atoms with Crippen LogP contribution in [-0.4, -0.2) is 17.4 Å². The second kappa shape index (κ2) is 10.3. The van der Waals surface area contributed by atoms with Crippen molar-refractivity contribution >= 4 is 16.9 Å². The summed E-state index contributed by atoms with van der Waals surface area (Å²) < 4.78 is 12.1. The molecule has 5 rings (SSSR count). The van der Waals surface area contributed by atoms with Gasteiger partial charge in [0.1, 0.15) is 11.3 Å². The highest BCUT2D eigenvalue weighted by Crippen LogP contribution is 2.40. The fourth-order valence-electron chi connectivity index (χ4n) is 5.20. The molecule has 0 saturated heterocycles. The predicted octanol–water partition coefficient (Wildman–Crippen LogP) is 7.03. The average Bonchev–Trinajstić information content (AvgIpc) is 3.15. The fraction of sp³-hybridized carbons (Fsp3) is 0.312. The first-order valence-corrected chi connectivity index (χ1v) is 13.0. The summed E-state index contributed by atoms with van der Waals surface area (Å²) in [5.74, 6) is 0.657. The van der Waals surface area contributed by atoms with Crippen molar-refractivity contribution in [3.63, 3.8) is 0 Å². The number of nitrogens with zero attached hydrogens (tertiary/aromatic N) is 1. The number of carbonyl (C=O) groups is 1. The Morgan fingerprint density at radius 3 is 2.32 bits per heavy atom. The topological polar surface area (TPSA) is 59.8 Å². The lowest BCUT2D eigenvalue weighted by molar-refractivity contribution is 0.0714. The molecular formula is C32H33NO4. The summed E-state index contributed by atoms with van der Waals surface area (Å²) in [7, 11) is 0. The van der Waals surface area contributed by atoms with Gasteiger partial charge in [0.05, 0.1) is 23.6 Å². The van der Waals surface area contributed by atoms with Crippen molar-refractivity contribution in [3.8, 4) is 5.75 Å². The zero-order chi connectivity index (χ0) is 26.1. The van der Waals surface area contributed by atoms with Gasteiger partial charge in [0.15, 0.2) is 5.43 Å². The zero-order valence-electron chi connectivity index (χ0n) is 22.0. The van der Waals surface area contributed by atoms with E-state index in [1.807, 2.05) is 81.4 Å². The first-order valence-electron chi connectivity index (χ1n) is 13.0. The van der Waals surface area contributed by atoms with Crippen LogP contribution in [0.2, 0.25) is 0 Å². The predicted molar refractivity (Wildman–Crippen MR) is 146 cm³/mol. The second-order valence-corrected chi connectivity index (χ2v) is 10.1. The standard InChI is InChI=1S/C32H33NO4/c1-5-6-7-16-36-25-14-12-24(13-15-25)29-28-30(34)27-22(4)17-21(3)18-26(27)37-31(28)32(35)33(29)19-23-10-8-20(2)9-11-23/h8-15,17-18,29H,5-7,16,19H2,1-4H3. The number of fused-ring (bicyclic) bond motifs is 2. The Bertz CT molecular complexity index is 1500. The Kier molecular flexibility index (Phi) is 6.88. The van der Waals surface area contributed by atoms with Gasteiger partial charge in [-0.3, -0.25) is 9.59 Å². The fourth-order valence-corrected chi connectivity index (χ4v) is 5.20. The van der Waals surface area contributed by atoms with E-state index in [0.29, 0.717) is 29.7 Å². The van der Waals surface area contributed by atoms with Crippen molar-refractivity contribution in [1.82, 2.24) is 4.90 Å². The molecule has 1 aliphatic heterocycles. The van der Waals surface area contributed by atoms with Gasteiger partial charge in [0.25, 0.3) is 5.91 Å². The zero-order valence-corrected chi connectivity index (χ0v) is 22.0. The summed E-state index contributed by atoms with van der Waals surface area (Å²) >= 11 is 0. The molecular weight excluding hydrogens is 462 g/mol. The molecule has 0 aliphatic carbocycles. The molecule has 1 unspecified atom stereocenters. The monoisotopic (exact) mass is 495 g/mol. The molecule has 0 fully saturated rings. The maximum atomic E-state index is 13.9. The lowest BCUT2D eigenvalue weighted by Gasteiger charge is -2.25. The molecule has 3 aromatic carbocycles. The van der Waals surface area contributed by atoms with E-state index in [0.717, 1.165) is 52.8 Å². The molecule has 1 aromatic heterocycles. The summed E-state index contributed by atoms with van der Waals surface area (Å²) in [5, 5.41) is 0.537. The van der Waals surface area contributed by atoms with Crippen LogP contribution in [0.25, 0.3) is 11.0 Å². The van der Waals surface area contributed by atoms with Crippen molar-refractivity contribution in [1.29, 1.82) is 0 Å². The van der Waals surface area contributed by atoms with Gasteiger partial charge in [0, 0.05) is 6.54 Å². The quantitative estimate of drug-likeness (QED) is 0.246. The highest BCUT2D eigenvalue weighted by molar-refractivity contribution is 5.99. The number of hydrogen-bond acceptors (Lipinski definition) is 4. The summed E-state index contributed by atoms with van der Waals surface area (Å²) in [6, 6.07) is 19.1. The van der Waals surface area contributed by atoms with E-state index >= 15 is 0 Å². The molecule has 1 amide bonds. The van der Waals surface area contributed by atoms with Crippen molar-refractivity contribution in [2.24, 2.45) is 0 Å². The average molecular weight is 496 g/mol. The van der Waals surface area contributed by atoms with Gasteiger partial charge in [-0.2, -0.15) is 0 Å². The lowest BCUT2D eigenvalue weighted by atomic mass is 9.96. The Labute approximate surface area is 217 Å². The van der Waals surface area contributed by atoms with Crippen molar-refractivity contribution in [2.75, 3.05) is 6.61 Å². The molecule has 1 aliphatic rings. The number of aryl methyl sites for hydroxylation is 3. The Balaban J connectivity index is 1.59. The van der Waals surface area contributed by atoms with Crippen LogP contribution in [0.15, 0.2) is 69.9 Å². The van der Waals surface area contributed by atoms with Gasteiger partial charge in [-0.25, -0.2) is 0 Å². The maximum absolute atomic E-state index is 13.9. The molecule has 0 radical (unpaired) electrons. The molecule has 0 saturated carbocycles. The van der Waals surface area contributed by atoms with E-state index in [4.69, 9.17) is 9.15 Å². The van der Waals surface area contributed by atoms with Crippen LogP contribution in [-0.2, 0) is 6.54 Å². The van der Waals surface area contributed by atoms with E-state index in [2.05, 4.69) is 6.92 Å². The summed E-state index contributed by atoms with van der Waals surface area (Å²) in [6.45, 7) is 9.12. The molecule has 37 heavy (non-hydrogen) atoms. The highest BCUT2D eigenvalue weighted by atomic mass is 16.5. The van der Waals surface area contributed by atoms with Crippen LogP contribution >= 0.6 is 0 Å². The van der Waals surface area contributed by atoms with Gasteiger partial charge in [0.2, 0.25) is 5.76 Å². The van der Waals surface area contributed by atoms with Gasteiger partial charge >= 0.3 is 0 Å². The number of amides is 1. The maximum Gasteiger partial charge on any atom is 0.291 e. The third kappa shape index (κ3) is 4.78. The first-order chi connectivity index (χ1) is 17.9. The third-order valence-electron chi connectivity index (χ3n) is 7.10. The third-order valence-corrected chi connectivity index (χ3v) is 7.10. The van der Waals surface area contributed by atoms with Gasteiger partial charge in [-0.05, 0) is 67.6 Å². The molecule has 190 valence electrons. The highest BCUT2D eigenvalue weighted by Gasteiger charge is 2.42. The minimum absolute atomic E-state index is 0.138. The normalized spacial score (nSPS) is 14.9. The van der Waals surface area contributed by atoms with E-state index in [9.17, 15) is 9.59 Å². The van der Waals surface area contributed by atoms with E-state index in [1.54, 1.807) is 4.90 Å². The second-order valence-electron chi connectivity index (χ2n) is 10.1. The number of rotatable bonds is 8. The van der Waals surface area contributed by atoms with E-state index in [1.165, 1.54) is 0 Å². The molecule has 5 heteroatoms. The smallest absolute Gasteiger partial charge is 0.291 e. The van der Waals surface area contributed by atoms with Crippen LogP contribution in [0.1, 0.15) is 76.2 Å². The van der Waals surface area contributed by atoms with Crippen molar-refractivity contribution in [2.45, 2.75) is 59.5 Å². The molecule has 0 N–H and O–H groups in total. The van der Waals surface area contributed by atoms with Gasteiger partial charge in [-0.1, -0.05) is 67.8 Å². The molecule has 1 atom stereocenters. The van der Waals surface area contributed by atoms with E-state index in [-0.39, 0.29) is 17.1 Å². The first kappa shape index (κ1) is 24.8. The van der Waals surface area contributed by atoms with Crippen molar-refractivity contribution < 1.29 is 13.9 Å². The number of ether oxygens (including phenoxy) is 1. The SMILES string of the molecule is CCCCCOc1ccc(C2c3c(oc4cc(C)cc(C)c4c3=O)C(=O)N2Cc2ccc(C)cc2)cc1. The van der Waals surface area contributed by atoms with Crippen LogP contribution in [0.5, 0.6) is 5.75 Å². The Hall–Kier alpha value is -3.86. The van der Waals surface area contributed by atoms with Gasteiger partial charge < -0.3 is 14.1 Å². The summed E-state index contributed by atoms with van der Waals surface area (Å²) in [6.07, 6.45) is 3.29. The molecule has 5 nitrogen and oxygen atoms in total.